The predicted molar refractivity (Wildman–Crippen MR) is 408 cm³/mol. The third-order valence-corrected chi connectivity index (χ3v) is 18.8. The highest BCUT2D eigenvalue weighted by molar-refractivity contribution is 6.07. The van der Waals surface area contributed by atoms with Gasteiger partial charge in [0.25, 0.3) is 11.8 Å². The van der Waals surface area contributed by atoms with Crippen LogP contribution in [0.2, 0.25) is 0 Å². The number of benzene rings is 3. The summed E-state index contributed by atoms with van der Waals surface area (Å²) in [6.07, 6.45) is 19.3. The smallest absolute Gasteiger partial charge is 0.416 e. The number of anilines is 2. The van der Waals surface area contributed by atoms with Gasteiger partial charge in [-0.05, 0) is 114 Å². The van der Waals surface area contributed by atoms with Crippen LogP contribution in [0.25, 0.3) is 0 Å². The maximum Gasteiger partial charge on any atom is 0.416 e. The fourth-order valence-electron chi connectivity index (χ4n) is 12.9. The van der Waals surface area contributed by atoms with Gasteiger partial charge >= 0.3 is 6.09 Å². The minimum Gasteiger partial charge on any atom is -0.493 e. The number of hydrogen-bond acceptors (Lipinski definition) is 22. The van der Waals surface area contributed by atoms with Crippen LogP contribution in [-0.4, -0.2) is 233 Å². The van der Waals surface area contributed by atoms with E-state index < -0.39 is 54.1 Å². The van der Waals surface area contributed by atoms with E-state index in [4.69, 9.17) is 61.6 Å². The Morgan fingerprint density at radius 2 is 1.14 bits per heavy atom. The second-order valence-corrected chi connectivity index (χ2v) is 27.8. The number of unbranched alkanes of at least 4 members (excludes halogenated alkanes) is 2. The summed E-state index contributed by atoms with van der Waals surface area (Å²) in [5.41, 5.74) is 3.95. The van der Waals surface area contributed by atoms with E-state index in [1.54, 1.807) is 67.6 Å². The number of allylic oxidation sites excluding steroid dienone is 2. The number of ether oxygens (including phenoxy) is 13. The van der Waals surface area contributed by atoms with Crippen molar-refractivity contribution in [3.63, 3.8) is 0 Å². The van der Waals surface area contributed by atoms with Crippen LogP contribution in [-0.2, 0) is 68.4 Å². The Bertz CT molecular complexity index is 3530. The molecule has 3 aromatic carbocycles. The van der Waals surface area contributed by atoms with Gasteiger partial charge in [-0.15, -0.1) is 0 Å². The molecule has 0 saturated heterocycles. The summed E-state index contributed by atoms with van der Waals surface area (Å²) in [7, 11) is 2.97. The van der Waals surface area contributed by atoms with E-state index in [1.807, 2.05) is 20.0 Å². The van der Waals surface area contributed by atoms with Gasteiger partial charge in [-0.1, -0.05) is 75.0 Å². The highest BCUT2D eigenvalue weighted by Crippen LogP contribution is 2.43. The minimum atomic E-state index is -1.52. The minimum absolute atomic E-state index is 0.00372. The zero-order valence-corrected chi connectivity index (χ0v) is 64.5. The standard InChI is InChI=1S/C80H114N8O21/c1-55(2)74(85-72(89)24-28-99-30-32-101-34-36-103-38-40-105-42-43-106-41-39-104-37-35-102-33-31-100-29-25-81-73(90)46-59-18-14-11-9-8-10-12-15-19-59)76(92)83-58(5)75(91)84-61-22-20-60(21-23-61)54-109-80(96)88-66-50-71(69(98-7)48-64(66)78(94)87-53-57(4)45-67(87)79(88)95)108-27-17-13-16-26-107-70-49-65-63(47-68(70)97-6)77(93)86-52-56(3)44-62(86)51-82-65/h14,18,20-23,47-53,55,58-59,62,67,74,79,95H,8-13,15-17,19,24-46,54H2,1-7H3,(H,81,90)(H,83,92)(H,84,91)(H,85,89)/b18-14-/t58-,59?,62-,67-,74-,79-/m0/s1. The van der Waals surface area contributed by atoms with Crippen LogP contribution >= 0.6 is 0 Å². The topological polar surface area (TPSA) is 330 Å². The second kappa shape index (κ2) is 46.9. The van der Waals surface area contributed by atoms with Gasteiger partial charge in [0.2, 0.25) is 23.6 Å². The fourth-order valence-corrected chi connectivity index (χ4v) is 12.9. The zero-order chi connectivity index (χ0) is 77.7. The number of aliphatic hydroxyl groups is 1. The first-order valence-electron chi connectivity index (χ1n) is 38.4. The van der Waals surface area contributed by atoms with Crippen molar-refractivity contribution in [3.05, 3.63) is 101 Å². The van der Waals surface area contributed by atoms with Crippen LogP contribution in [0.5, 0.6) is 23.0 Å². The highest BCUT2D eigenvalue weighted by Gasteiger charge is 2.45. The Kier molecular flexibility index (Phi) is 37.0. The van der Waals surface area contributed by atoms with E-state index in [2.05, 4.69) is 38.4 Å². The van der Waals surface area contributed by atoms with E-state index in [9.17, 15) is 38.7 Å². The first kappa shape index (κ1) is 86.1. The molecule has 600 valence electrons. The SMILES string of the molecule is COc1cc2c(cc1OCCCCCOc1cc3c(cc1OC)C(=O)N1C=C(C)C[C@H]1[C@H](O)N3C(=O)OCc1ccc(NC(=O)[C@H](C)NC(=O)[C@@H](NC(=O)CCOCCOCCOCCOCCOCCOCCOCCOCCNC(=O)CC3/C=C\CCCCCCC3)C(C)C)cc1)N=C[C@@H]1CC(C)=CN1C2=O. The normalized spacial score (nSPS) is 18.4. The van der Waals surface area contributed by atoms with Crippen molar-refractivity contribution in [2.75, 3.05) is 150 Å². The third-order valence-electron chi connectivity index (χ3n) is 18.8. The molecule has 5 aliphatic rings. The molecule has 3 aromatic rings. The number of amides is 7. The molecule has 5 N–H and O–H groups in total. The summed E-state index contributed by atoms with van der Waals surface area (Å²) in [5, 5.41) is 23.2. The molecule has 8 rings (SSSR count). The number of aliphatic hydroxyl groups excluding tert-OH is 1. The van der Waals surface area contributed by atoms with Crippen LogP contribution < -0.4 is 45.1 Å². The first-order valence-corrected chi connectivity index (χ1v) is 38.4. The molecule has 109 heavy (non-hydrogen) atoms. The summed E-state index contributed by atoms with van der Waals surface area (Å²) < 4.78 is 74.0. The van der Waals surface area contributed by atoms with Crippen molar-refractivity contribution in [1.82, 2.24) is 25.8 Å². The summed E-state index contributed by atoms with van der Waals surface area (Å²) in [4.78, 5) is 103. The van der Waals surface area contributed by atoms with Crippen molar-refractivity contribution >= 4 is 64.8 Å². The lowest BCUT2D eigenvalue weighted by molar-refractivity contribution is -0.132. The van der Waals surface area contributed by atoms with E-state index in [0.717, 1.165) is 35.3 Å². The van der Waals surface area contributed by atoms with E-state index in [1.165, 1.54) is 70.3 Å². The number of methoxy groups -OCH3 is 2. The molecule has 0 saturated carbocycles. The predicted octanol–water partition coefficient (Wildman–Crippen LogP) is 9.29. The van der Waals surface area contributed by atoms with Crippen LogP contribution in [0.3, 0.4) is 0 Å². The van der Waals surface area contributed by atoms with Crippen molar-refractivity contribution in [1.29, 1.82) is 0 Å². The van der Waals surface area contributed by atoms with Crippen LogP contribution in [0.1, 0.15) is 151 Å². The molecule has 4 aliphatic heterocycles. The molecule has 29 heteroatoms. The van der Waals surface area contributed by atoms with Gasteiger partial charge in [0.15, 0.2) is 29.2 Å². The van der Waals surface area contributed by atoms with Gasteiger partial charge in [-0.25, -0.2) is 9.69 Å². The van der Waals surface area contributed by atoms with Crippen LogP contribution in [0.4, 0.5) is 21.9 Å². The van der Waals surface area contributed by atoms with Crippen molar-refractivity contribution in [2.45, 2.75) is 162 Å². The molecule has 0 aromatic heterocycles. The molecule has 0 radical (unpaired) electrons. The highest BCUT2D eigenvalue weighted by atomic mass is 16.6. The molecular weight excluding hydrogens is 1410 g/mol. The Morgan fingerprint density at radius 1 is 0.587 bits per heavy atom. The number of aliphatic imine (C=N–C) groups is 1. The van der Waals surface area contributed by atoms with Gasteiger partial charge in [0.1, 0.15) is 18.7 Å². The van der Waals surface area contributed by atoms with E-state index in [-0.39, 0.29) is 79.4 Å². The quantitative estimate of drug-likeness (QED) is 0.0260. The van der Waals surface area contributed by atoms with Crippen molar-refractivity contribution in [3.8, 4) is 23.0 Å². The average Bonchev–Trinajstić information content (AvgIpc) is 1.62. The number of carbonyl (C=O) groups is 7. The molecule has 6 atom stereocenters. The monoisotopic (exact) mass is 1520 g/mol. The zero-order valence-electron chi connectivity index (χ0n) is 64.5. The Labute approximate surface area is 640 Å². The molecular formula is C80H114N8O21. The van der Waals surface area contributed by atoms with Gasteiger partial charge in [0, 0.05) is 55.8 Å². The summed E-state index contributed by atoms with van der Waals surface area (Å²) >= 11 is 0. The molecule has 1 unspecified atom stereocenters. The maximum absolute atomic E-state index is 14.3. The Morgan fingerprint density at radius 3 is 1.75 bits per heavy atom. The van der Waals surface area contributed by atoms with Crippen LogP contribution in [0.15, 0.2) is 89.2 Å². The number of nitrogens with zero attached hydrogens (tertiary/aromatic N) is 4. The lowest BCUT2D eigenvalue weighted by atomic mass is 9.94. The first-order chi connectivity index (χ1) is 52.9. The molecule has 0 fully saturated rings. The van der Waals surface area contributed by atoms with Gasteiger partial charge in [-0.2, -0.15) is 0 Å². The lowest BCUT2D eigenvalue weighted by Crippen LogP contribution is -2.53. The van der Waals surface area contributed by atoms with E-state index >= 15 is 0 Å². The van der Waals surface area contributed by atoms with Crippen LogP contribution in [0, 0.1) is 11.8 Å². The molecule has 1 aliphatic carbocycles. The number of hydrogen-bond donors (Lipinski definition) is 5. The maximum atomic E-state index is 14.3. The largest absolute Gasteiger partial charge is 0.493 e. The van der Waals surface area contributed by atoms with Crippen molar-refractivity contribution < 1.29 is 100 Å². The molecule has 29 nitrogen and oxygen atoms in total. The Hall–Kier alpha value is -8.52. The Balaban J connectivity index is 0.643. The second-order valence-electron chi connectivity index (χ2n) is 27.8. The average molecular weight is 1520 g/mol. The molecule has 0 spiro atoms. The summed E-state index contributed by atoms with van der Waals surface area (Å²) in [5.74, 6) is -0.606. The number of nitrogens with one attached hydrogen (secondary N) is 4. The number of fused-ring (bicyclic) bond motifs is 4. The summed E-state index contributed by atoms with van der Waals surface area (Å²) in [6.45, 7) is 15.9. The lowest BCUT2D eigenvalue weighted by Gasteiger charge is -2.31. The van der Waals surface area contributed by atoms with Gasteiger partial charge < -0.3 is 97.8 Å². The fraction of sp³-hybridized carbons (Fsp3) is 0.600. The third kappa shape index (κ3) is 28.1. The van der Waals surface area contributed by atoms with Gasteiger partial charge in [0.05, 0.1) is 168 Å². The number of carbonyl (C=O) groups excluding carboxylic acids is 7. The van der Waals surface area contributed by atoms with Gasteiger partial charge in [-0.3, -0.25) is 33.8 Å². The molecule has 0 bridgehead atoms. The molecule has 7 amide bonds. The molecule has 4 heterocycles. The number of rotatable bonds is 47. The van der Waals surface area contributed by atoms with E-state index in [0.29, 0.717) is 178 Å². The van der Waals surface area contributed by atoms with Crippen molar-refractivity contribution in [2.24, 2.45) is 16.8 Å². The summed E-state index contributed by atoms with van der Waals surface area (Å²) in [6, 6.07) is 10.00.